The van der Waals surface area contributed by atoms with E-state index in [1.54, 1.807) is 0 Å². The topological polar surface area (TPSA) is 36.4 Å². The molecule has 3 heteroatoms. The molecule has 1 N–H and O–H groups in total. The van der Waals surface area contributed by atoms with E-state index in [9.17, 15) is 5.11 Å². The maximum atomic E-state index is 9.52. The van der Waals surface area contributed by atoms with Crippen LogP contribution in [0.3, 0.4) is 0 Å². The van der Waals surface area contributed by atoms with Gasteiger partial charge in [0.05, 0.1) is 0 Å². The summed E-state index contributed by atoms with van der Waals surface area (Å²) < 4.78 is 0. The Kier molecular flexibility index (Phi) is 6.30. The summed E-state index contributed by atoms with van der Waals surface area (Å²) in [5.41, 5.74) is 1.35. The van der Waals surface area contributed by atoms with Crippen molar-refractivity contribution in [1.82, 2.24) is 9.88 Å². The zero-order chi connectivity index (χ0) is 13.4. The first-order valence-electron chi connectivity index (χ1n) is 6.78. The van der Waals surface area contributed by atoms with E-state index in [4.69, 9.17) is 0 Å². The van der Waals surface area contributed by atoms with Gasteiger partial charge >= 0.3 is 0 Å². The second kappa shape index (κ2) is 7.49. The number of aliphatic hydroxyl groups excluding tert-OH is 1. The minimum atomic E-state index is 0.0295. The van der Waals surface area contributed by atoms with E-state index >= 15 is 0 Å². The number of likely N-dealkylation sites (N-methyl/N-ethyl adjacent to an activating group) is 1. The fraction of sp³-hybridized carbons (Fsp3) is 0.667. The Balaban J connectivity index is 2.39. The Morgan fingerprint density at radius 2 is 2.00 bits per heavy atom. The molecule has 0 saturated carbocycles. The molecule has 18 heavy (non-hydrogen) atoms. The summed E-state index contributed by atoms with van der Waals surface area (Å²) in [7, 11) is 2.13. The molecule has 1 aromatic rings. The third-order valence-electron chi connectivity index (χ3n) is 3.42. The Labute approximate surface area is 111 Å². The molecule has 1 aromatic heterocycles. The molecule has 0 fully saturated rings. The predicted molar refractivity (Wildman–Crippen MR) is 75.5 cm³/mol. The highest BCUT2D eigenvalue weighted by molar-refractivity contribution is 5.09. The van der Waals surface area contributed by atoms with Crippen molar-refractivity contribution in [2.45, 2.75) is 33.1 Å². The third kappa shape index (κ3) is 5.15. The van der Waals surface area contributed by atoms with Crippen molar-refractivity contribution in [3.8, 4) is 0 Å². The first-order chi connectivity index (χ1) is 8.59. The van der Waals surface area contributed by atoms with Gasteiger partial charge in [0.1, 0.15) is 0 Å². The normalized spacial score (nSPS) is 14.7. The summed E-state index contributed by atoms with van der Waals surface area (Å²) in [4.78, 5) is 6.33. The fourth-order valence-corrected chi connectivity index (χ4v) is 2.41. The molecule has 1 unspecified atom stereocenters. The Bertz CT molecular complexity index is 329. The molecule has 3 nitrogen and oxygen atoms in total. The molecule has 0 spiro atoms. The largest absolute Gasteiger partial charge is 0.396 e. The van der Waals surface area contributed by atoms with Gasteiger partial charge in [-0.2, -0.15) is 0 Å². The van der Waals surface area contributed by atoms with Crippen molar-refractivity contribution in [1.29, 1.82) is 0 Å². The lowest BCUT2D eigenvalue weighted by atomic mass is 9.86. The molecular formula is C15H26N2O. The Morgan fingerprint density at radius 3 is 2.56 bits per heavy atom. The van der Waals surface area contributed by atoms with Crippen LogP contribution in [0.15, 0.2) is 24.5 Å². The second-order valence-corrected chi connectivity index (χ2v) is 5.56. The zero-order valence-corrected chi connectivity index (χ0v) is 11.9. The van der Waals surface area contributed by atoms with E-state index in [1.165, 1.54) is 5.56 Å². The summed E-state index contributed by atoms with van der Waals surface area (Å²) in [6.07, 6.45) is 6.90. The molecule has 0 saturated heterocycles. The van der Waals surface area contributed by atoms with Gasteiger partial charge in [-0.1, -0.05) is 20.3 Å². The van der Waals surface area contributed by atoms with Crippen molar-refractivity contribution in [3.05, 3.63) is 30.1 Å². The zero-order valence-electron chi connectivity index (χ0n) is 11.9. The van der Waals surface area contributed by atoms with E-state index in [1.807, 2.05) is 12.4 Å². The molecule has 102 valence electrons. The second-order valence-electron chi connectivity index (χ2n) is 5.56. The van der Waals surface area contributed by atoms with E-state index in [0.717, 1.165) is 32.4 Å². The van der Waals surface area contributed by atoms with Crippen LogP contribution in [0.2, 0.25) is 0 Å². The molecule has 0 radical (unpaired) electrons. The highest BCUT2D eigenvalue weighted by Gasteiger charge is 2.23. The summed E-state index contributed by atoms with van der Waals surface area (Å²) in [5.74, 6) is 0. The van der Waals surface area contributed by atoms with Gasteiger partial charge in [-0.05, 0) is 37.6 Å². The first-order valence-corrected chi connectivity index (χ1v) is 6.78. The maximum Gasteiger partial charge on any atom is 0.0497 e. The number of aliphatic hydroxyl groups is 1. The van der Waals surface area contributed by atoms with Crippen molar-refractivity contribution < 1.29 is 5.11 Å². The monoisotopic (exact) mass is 250 g/mol. The van der Waals surface area contributed by atoms with Crippen molar-refractivity contribution in [3.63, 3.8) is 0 Å². The summed E-state index contributed by atoms with van der Waals surface area (Å²) in [5, 5.41) is 9.52. The molecule has 0 amide bonds. The van der Waals surface area contributed by atoms with Crippen LogP contribution in [0.4, 0.5) is 0 Å². The molecule has 0 aliphatic rings. The third-order valence-corrected chi connectivity index (χ3v) is 3.42. The van der Waals surface area contributed by atoms with Gasteiger partial charge < -0.3 is 10.0 Å². The predicted octanol–water partition coefficient (Wildman–Crippen LogP) is 2.35. The average molecular weight is 250 g/mol. The van der Waals surface area contributed by atoms with E-state index in [-0.39, 0.29) is 12.0 Å². The number of pyridine rings is 1. The molecular weight excluding hydrogens is 224 g/mol. The van der Waals surface area contributed by atoms with Gasteiger partial charge in [-0.25, -0.2) is 0 Å². The number of hydrogen-bond donors (Lipinski definition) is 1. The Morgan fingerprint density at radius 1 is 1.33 bits per heavy atom. The van der Waals surface area contributed by atoms with Crippen molar-refractivity contribution in [2.75, 3.05) is 26.7 Å². The van der Waals surface area contributed by atoms with Gasteiger partial charge in [0.25, 0.3) is 0 Å². The number of hydrogen-bond acceptors (Lipinski definition) is 3. The SMILES string of the molecule is CCCC(C)(CO)CN(C)CCc1ccncc1. The molecule has 1 rings (SSSR count). The average Bonchev–Trinajstić information content (AvgIpc) is 2.38. The molecule has 0 aromatic carbocycles. The lowest BCUT2D eigenvalue weighted by molar-refractivity contribution is 0.0908. The quantitative estimate of drug-likeness (QED) is 0.769. The summed E-state index contributed by atoms with van der Waals surface area (Å²) >= 11 is 0. The first kappa shape index (κ1) is 15.1. The van der Waals surface area contributed by atoms with Crippen LogP contribution in [-0.2, 0) is 6.42 Å². The Hall–Kier alpha value is -0.930. The van der Waals surface area contributed by atoms with Crippen molar-refractivity contribution in [2.24, 2.45) is 5.41 Å². The van der Waals surface area contributed by atoms with Gasteiger partial charge in [0.2, 0.25) is 0 Å². The fourth-order valence-electron chi connectivity index (χ4n) is 2.41. The standard InChI is InChI=1S/C15H26N2O/c1-4-8-15(2,13-18)12-17(3)11-7-14-5-9-16-10-6-14/h5-6,9-10,18H,4,7-8,11-13H2,1-3H3. The van der Waals surface area contributed by atoms with Gasteiger partial charge in [-0.3, -0.25) is 4.98 Å². The number of aromatic nitrogens is 1. The summed E-state index contributed by atoms with van der Waals surface area (Å²) in [6, 6.07) is 4.12. The molecule has 1 atom stereocenters. The van der Waals surface area contributed by atoms with E-state index in [2.05, 4.69) is 42.9 Å². The van der Waals surface area contributed by atoms with Gasteiger partial charge in [0.15, 0.2) is 0 Å². The van der Waals surface area contributed by atoms with Crippen LogP contribution in [0.25, 0.3) is 0 Å². The highest BCUT2D eigenvalue weighted by atomic mass is 16.3. The highest BCUT2D eigenvalue weighted by Crippen LogP contribution is 2.23. The van der Waals surface area contributed by atoms with Crippen molar-refractivity contribution >= 4 is 0 Å². The minimum absolute atomic E-state index is 0.0295. The number of nitrogens with zero attached hydrogens (tertiary/aromatic N) is 2. The smallest absolute Gasteiger partial charge is 0.0497 e. The van der Waals surface area contributed by atoms with E-state index < -0.39 is 0 Å². The van der Waals surface area contributed by atoms with Crippen LogP contribution in [-0.4, -0.2) is 41.7 Å². The van der Waals surface area contributed by atoms with Crippen LogP contribution in [0, 0.1) is 5.41 Å². The molecule has 0 aliphatic carbocycles. The molecule has 0 bridgehead atoms. The maximum absolute atomic E-state index is 9.52. The number of rotatable bonds is 8. The van der Waals surface area contributed by atoms with Gasteiger partial charge in [-0.15, -0.1) is 0 Å². The van der Waals surface area contributed by atoms with E-state index in [0.29, 0.717) is 0 Å². The van der Waals surface area contributed by atoms with Crippen LogP contribution >= 0.6 is 0 Å². The lowest BCUT2D eigenvalue weighted by Crippen LogP contribution is -2.37. The lowest BCUT2D eigenvalue weighted by Gasteiger charge is -2.32. The summed E-state index contributed by atoms with van der Waals surface area (Å²) in [6.45, 7) is 6.57. The van der Waals surface area contributed by atoms with Gasteiger partial charge in [0, 0.05) is 37.5 Å². The molecule has 0 aliphatic heterocycles. The minimum Gasteiger partial charge on any atom is -0.396 e. The van der Waals surface area contributed by atoms with Crippen LogP contribution in [0.5, 0.6) is 0 Å². The van der Waals surface area contributed by atoms with Crippen LogP contribution in [0.1, 0.15) is 32.3 Å². The van der Waals surface area contributed by atoms with Crippen LogP contribution < -0.4 is 0 Å². The molecule has 1 heterocycles.